The lowest BCUT2D eigenvalue weighted by Crippen LogP contribution is -2.06. The van der Waals surface area contributed by atoms with Crippen LogP contribution in [0.25, 0.3) is 16.2 Å². The van der Waals surface area contributed by atoms with Gasteiger partial charge >= 0.3 is 11.9 Å². The Balaban J connectivity index is 2.45. The van der Waals surface area contributed by atoms with Crippen LogP contribution in [-0.4, -0.2) is 31.5 Å². The van der Waals surface area contributed by atoms with Crippen LogP contribution in [0, 0.1) is 0 Å². The first-order valence-corrected chi connectivity index (χ1v) is 6.49. The average Bonchev–Trinajstić information content (AvgIpc) is 3.04. The molecule has 100 valence electrons. The van der Waals surface area contributed by atoms with Gasteiger partial charge in [0, 0.05) is 0 Å². The molecular formula is C13H8N2O4S. The van der Waals surface area contributed by atoms with Gasteiger partial charge in [0.15, 0.2) is 11.5 Å². The van der Waals surface area contributed by atoms with Crippen molar-refractivity contribution < 1.29 is 19.8 Å². The molecule has 0 atom stereocenters. The fourth-order valence-electron chi connectivity index (χ4n) is 2.03. The van der Waals surface area contributed by atoms with Gasteiger partial charge in [-0.05, 0) is 23.6 Å². The van der Waals surface area contributed by atoms with Crippen LogP contribution in [0.4, 0.5) is 0 Å². The minimum atomic E-state index is -1.19. The van der Waals surface area contributed by atoms with Crippen LogP contribution >= 0.6 is 11.3 Å². The predicted octanol–water partition coefficient (Wildman–Crippen LogP) is 2.46. The second kappa shape index (κ2) is 4.46. The maximum atomic E-state index is 11.3. The number of hydrogen-bond donors (Lipinski definition) is 2. The van der Waals surface area contributed by atoms with Crippen molar-refractivity contribution in [3.05, 3.63) is 47.1 Å². The Bertz CT molecular complexity index is 820. The van der Waals surface area contributed by atoms with E-state index < -0.39 is 11.9 Å². The molecule has 3 rings (SSSR count). The third-order valence-electron chi connectivity index (χ3n) is 2.83. The standard InChI is InChI=1S/C13H8N2O4S/c16-12(17)8-4-1-3-7-10(13(18)19)14-11(15(7)8)9-5-2-6-20-9/h1-6H,(H,16,17)(H,18,19). The number of fused-ring (bicyclic) bond motifs is 1. The molecule has 0 fully saturated rings. The summed E-state index contributed by atoms with van der Waals surface area (Å²) in [4.78, 5) is 27.4. The van der Waals surface area contributed by atoms with E-state index in [1.54, 1.807) is 18.2 Å². The Hall–Kier alpha value is -2.67. The minimum absolute atomic E-state index is 0.0223. The summed E-state index contributed by atoms with van der Waals surface area (Å²) in [7, 11) is 0. The van der Waals surface area contributed by atoms with E-state index in [1.165, 1.54) is 27.9 Å². The second-order valence-electron chi connectivity index (χ2n) is 4.00. The predicted molar refractivity (Wildman–Crippen MR) is 72.4 cm³/mol. The molecule has 7 heteroatoms. The van der Waals surface area contributed by atoms with Crippen molar-refractivity contribution in [2.45, 2.75) is 0 Å². The molecule has 0 unspecified atom stereocenters. The molecule has 20 heavy (non-hydrogen) atoms. The first kappa shape index (κ1) is 12.4. The van der Waals surface area contributed by atoms with E-state index in [0.29, 0.717) is 10.7 Å². The first-order chi connectivity index (χ1) is 9.59. The number of thiophene rings is 1. The van der Waals surface area contributed by atoms with E-state index in [-0.39, 0.29) is 16.9 Å². The fraction of sp³-hybridized carbons (Fsp3) is 0. The van der Waals surface area contributed by atoms with Crippen molar-refractivity contribution in [3.8, 4) is 10.7 Å². The Morgan fingerprint density at radius 1 is 1.10 bits per heavy atom. The molecule has 3 aromatic heterocycles. The summed E-state index contributed by atoms with van der Waals surface area (Å²) < 4.78 is 1.36. The molecule has 3 aromatic rings. The lowest BCUT2D eigenvalue weighted by atomic mass is 10.3. The van der Waals surface area contributed by atoms with E-state index >= 15 is 0 Å². The highest BCUT2D eigenvalue weighted by molar-refractivity contribution is 7.13. The van der Waals surface area contributed by atoms with E-state index in [1.807, 2.05) is 5.38 Å². The molecule has 0 spiro atoms. The van der Waals surface area contributed by atoms with Gasteiger partial charge in [0.2, 0.25) is 0 Å². The van der Waals surface area contributed by atoms with Gasteiger partial charge in [-0.15, -0.1) is 11.3 Å². The van der Waals surface area contributed by atoms with E-state index in [2.05, 4.69) is 4.98 Å². The highest BCUT2D eigenvalue weighted by Gasteiger charge is 2.22. The third kappa shape index (κ3) is 1.76. The minimum Gasteiger partial charge on any atom is -0.477 e. The van der Waals surface area contributed by atoms with Gasteiger partial charge in [-0.3, -0.25) is 4.40 Å². The fourth-order valence-corrected chi connectivity index (χ4v) is 2.73. The van der Waals surface area contributed by atoms with Crippen LogP contribution in [-0.2, 0) is 0 Å². The van der Waals surface area contributed by atoms with Crippen LogP contribution in [0.1, 0.15) is 21.0 Å². The number of rotatable bonds is 3. The Morgan fingerprint density at radius 3 is 2.50 bits per heavy atom. The normalized spacial score (nSPS) is 10.8. The van der Waals surface area contributed by atoms with Gasteiger partial charge in [0.1, 0.15) is 5.69 Å². The molecule has 0 saturated carbocycles. The van der Waals surface area contributed by atoms with Gasteiger partial charge in [-0.25, -0.2) is 14.6 Å². The van der Waals surface area contributed by atoms with Crippen LogP contribution in [0.3, 0.4) is 0 Å². The van der Waals surface area contributed by atoms with Crippen molar-refractivity contribution in [2.24, 2.45) is 0 Å². The quantitative estimate of drug-likeness (QED) is 0.772. The molecule has 0 saturated heterocycles. The highest BCUT2D eigenvalue weighted by atomic mass is 32.1. The smallest absolute Gasteiger partial charge is 0.356 e. The molecule has 0 aromatic carbocycles. The van der Waals surface area contributed by atoms with Gasteiger partial charge in [-0.1, -0.05) is 12.1 Å². The number of imidazole rings is 1. The SMILES string of the molecule is O=C(O)c1nc(-c2cccs2)n2c(C(=O)O)cccc12. The van der Waals surface area contributed by atoms with Crippen LogP contribution in [0.2, 0.25) is 0 Å². The topological polar surface area (TPSA) is 91.9 Å². The third-order valence-corrected chi connectivity index (χ3v) is 3.69. The summed E-state index contributed by atoms with van der Waals surface area (Å²) in [5, 5.41) is 20.3. The number of carboxylic acid groups (broad SMARTS) is 2. The van der Waals surface area contributed by atoms with Crippen LogP contribution < -0.4 is 0 Å². The number of pyridine rings is 1. The van der Waals surface area contributed by atoms with Crippen molar-refractivity contribution in [3.63, 3.8) is 0 Å². The maximum absolute atomic E-state index is 11.3. The van der Waals surface area contributed by atoms with Gasteiger partial charge in [0.25, 0.3) is 0 Å². The van der Waals surface area contributed by atoms with Crippen LogP contribution in [0.15, 0.2) is 35.7 Å². The number of nitrogens with zero attached hydrogens (tertiary/aromatic N) is 2. The summed E-state index contributed by atoms with van der Waals surface area (Å²) in [6, 6.07) is 8.03. The molecule has 0 aliphatic carbocycles. The average molecular weight is 288 g/mol. The van der Waals surface area contributed by atoms with E-state index in [9.17, 15) is 19.8 Å². The Labute approximate surface area is 116 Å². The molecule has 6 nitrogen and oxygen atoms in total. The van der Waals surface area contributed by atoms with Crippen molar-refractivity contribution in [2.75, 3.05) is 0 Å². The monoisotopic (exact) mass is 288 g/mol. The summed E-state index contributed by atoms with van der Waals surface area (Å²) in [6.45, 7) is 0. The zero-order chi connectivity index (χ0) is 14.3. The van der Waals surface area contributed by atoms with E-state index in [0.717, 1.165) is 0 Å². The Morgan fingerprint density at radius 2 is 1.90 bits per heavy atom. The Kier molecular flexibility index (Phi) is 2.76. The summed E-state index contributed by atoms with van der Waals surface area (Å²) >= 11 is 1.37. The maximum Gasteiger partial charge on any atom is 0.356 e. The zero-order valence-electron chi connectivity index (χ0n) is 9.98. The number of aromatic nitrogens is 2. The number of aromatic carboxylic acids is 2. The number of hydrogen-bond acceptors (Lipinski definition) is 4. The van der Waals surface area contributed by atoms with Crippen molar-refractivity contribution >= 4 is 28.8 Å². The van der Waals surface area contributed by atoms with E-state index in [4.69, 9.17) is 0 Å². The van der Waals surface area contributed by atoms with Gasteiger partial charge < -0.3 is 10.2 Å². The van der Waals surface area contributed by atoms with Gasteiger partial charge in [0.05, 0.1) is 10.4 Å². The molecule has 0 aliphatic heterocycles. The van der Waals surface area contributed by atoms with Gasteiger partial charge in [-0.2, -0.15) is 0 Å². The second-order valence-corrected chi connectivity index (χ2v) is 4.95. The highest BCUT2D eigenvalue weighted by Crippen LogP contribution is 2.28. The number of carbonyl (C=O) groups is 2. The molecule has 0 bridgehead atoms. The lowest BCUT2D eigenvalue weighted by molar-refractivity contribution is 0.0678. The molecule has 3 heterocycles. The van der Waals surface area contributed by atoms with Crippen molar-refractivity contribution in [1.29, 1.82) is 0 Å². The molecular weight excluding hydrogens is 280 g/mol. The summed E-state index contributed by atoms with van der Waals surface area (Å²) in [5.41, 5.74) is 0.0863. The lowest BCUT2D eigenvalue weighted by Gasteiger charge is -2.03. The molecule has 2 N–H and O–H groups in total. The van der Waals surface area contributed by atoms with Crippen LogP contribution in [0.5, 0.6) is 0 Å². The summed E-state index contributed by atoms with van der Waals surface area (Å²) in [5.74, 6) is -2.00. The largest absolute Gasteiger partial charge is 0.477 e. The number of carboxylic acids is 2. The summed E-state index contributed by atoms with van der Waals surface area (Å²) in [6.07, 6.45) is 0. The molecule has 0 aliphatic rings. The van der Waals surface area contributed by atoms with Crippen molar-refractivity contribution in [1.82, 2.24) is 9.38 Å². The zero-order valence-corrected chi connectivity index (χ0v) is 10.8. The molecule has 0 radical (unpaired) electrons. The molecule has 0 amide bonds. The first-order valence-electron chi connectivity index (χ1n) is 5.61.